The number of carboxylic acid groups (broad SMARTS) is 1. The molecule has 1 N–H and O–H groups in total. The lowest BCUT2D eigenvalue weighted by atomic mass is 10.1. The van der Waals surface area contributed by atoms with Gasteiger partial charge in [-0.1, -0.05) is 12.1 Å². The fourth-order valence-corrected chi connectivity index (χ4v) is 2.78. The van der Waals surface area contributed by atoms with Gasteiger partial charge in [-0.05, 0) is 36.8 Å². The van der Waals surface area contributed by atoms with Crippen molar-refractivity contribution >= 4 is 11.9 Å². The third-order valence-corrected chi connectivity index (χ3v) is 4.13. The number of morpholine rings is 1. The molecule has 1 aliphatic heterocycles. The highest BCUT2D eigenvalue weighted by Crippen LogP contribution is 2.23. The number of carbonyl (C=O) groups excluding carboxylic acids is 1. The van der Waals surface area contributed by atoms with Gasteiger partial charge in [0.15, 0.2) is 0 Å². The van der Waals surface area contributed by atoms with E-state index in [1.165, 1.54) is 24.3 Å². The van der Waals surface area contributed by atoms with Gasteiger partial charge in [0, 0.05) is 6.54 Å². The van der Waals surface area contributed by atoms with Crippen molar-refractivity contribution in [3.8, 4) is 0 Å². The topological polar surface area (TPSA) is 79.7 Å². The lowest BCUT2D eigenvalue weighted by molar-refractivity contribution is -0.0230. The van der Waals surface area contributed by atoms with Crippen LogP contribution in [0.2, 0.25) is 0 Å². The summed E-state index contributed by atoms with van der Waals surface area (Å²) >= 11 is 0. The summed E-state index contributed by atoms with van der Waals surface area (Å²) in [5, 5.41) is 9.05. The third-order valence-electron chi connectivity index (χ3n) is 4.13. The van der Waals surface area contributed by atoms with Gasteiger partial charge in [0.05, 0.1) is 24.4 Å². The monoisotopic (exact) mass is 344 g/mol. The molecule has 1 aromatic carbocycles. The molecule has 2 aromatic rings. The minimum atomic E-state index is -1.08. The summed E-state index contributed by atoms with van der Waals surface area (Å²) in [6, 6.07) is 8.79. The van der Waals surface area contributed by atoms with Gasteiger partial charge in [-0.25, -0.2) is 14.2 Å². The zero-order chi connectivity index (χ0) is 18.0. The number of hydrogen-bond donors (Lipinski definition) is 1. The summed E-state index contributed by atoms with van der Waals surface area (Å²) in [5.74, 6) is -1.69. The van der Waals surface area contributed by atoms with Crippen LogP contribution in [0, 0.1) is 12.7 Å². The standard InChI is InChI=1S/C18H17FN2O4/c1-11-14(18(23)24)6-7-15(20-11)17(22)21-8-9-25-16(10-21)12-2-4-13(19)5-3-12/h2-7,16H,8-10H2,1H3,(H,23,24)/t16-/m0/s1. The van der Waals surface area contributed by atoms with Gasteiger partial charge in [-0.2, -0.15) is 0 Å². The second-order valence-electron chi connectivity index (χ2n) is 5.80. The Morgan fingerprint density at radius 3 is 2.60 bits per heavy atom. The molecular formula is C18H17FN2O4. The molecule has 130 valence electrons. The number of rotatable bonds is 3. The van der Waals surface area contributed by atoms with Crippen LogP contribution in [-0.2, 0) is 4.74 Å². The number of carboxylic acids is 1. The van der Waals surface area contributed by atoms with E-state index in [4.69, 9.17) is 9.84 Å². The number of pyridine rings is 1. The summed E-state index contributed by atoms with van der Waals surface area (Å²) < 4.78 is 18.7. The molecule has 0 radical (unpaired) electrons. The third kappa shape index (κ3) is 3.66. The van der Waals surface area contributed by atoms with Crippen molar-refractivity contribution < 1.29 is 23.8 Å². The Balaban J connectivity index is 1.77. The molecule has 0 saturated carbocycles. The predicted molar refractivity (Wildman–Crippen MR) is 86.9 cm³/mol. The normalized spacial score (nSPS) is 17.4. The molecule has 6 nitrogen and oxygen atoms in total. The van der Waals surface area contributed by atoms with E-state index in [2.05, 4.69) is 4.98 Å². The molecule has 3 rings (SSSR count). The number of halogens is 1. The van der Waals surface area contributed by atoms with Crippen molar-refractivity contribution in [3.05, 3.63) is 64.7 Å². The van der Waals surface area contributed by atoms with Crippen molar-refractivity contribution in [2.45, 2.75) is 13.0 Å². The molecule has 1 amide bonds. The molecule has 0 aliphatic carbocycles. The molecule has 1 aromatic heterocycles. The van der Waals surface area contributed by atoms with E-state index in [1.54, 1.807) is 24.0 Å². The average molecular weight is 344 g/mol. The van der Waals surface area contributed by atoms with Crippen LogP contribution in [0.25, 0.3) is 0 Å². The van der Waals surface area contributed by atoms with Gasteiger partial charge < -0.3 is 14.7 Å². The van der Waals surface area contributed by atoms with E-state index in [1.807, 2.05) is 0 Å². The van der Waals surface area contributed by atoms with Crippen LogP contribution >= 0.6 is 0 Å². The molecule has 0 bridgehead atoms. The summed E-state index contributed by atoms with van der Waals surface area (Å²) in [6.07, 6.45) is -0.335. The fraction of sp³-hybridized carbons (Fsp3) is 0.278. The van der Waals surface area contributed by atoms with Crippen molar-refractivity contribution in [2.75, 3.05) is 19.7 Å². The van der Waals surface area contributed by atoms with E-state index in [-0.39, 0.29) is 29.1 Å². The van der Waals surface area contributed by atoms with E-state index >= 15 is 0 Å². The lowest BCUT2D eigenvalue weighted by Crippen LogP contribution is -2.42. The number of benzene rings is 1. The van der Waals surface area contributed by atoms with Crippen LogP contribution in [0.1, 0.15) is 38.2 Å². The Kier molecular flexibility index (Phi) is 4.76. The second kappa shape index (κ2) is 6.98. The van der Waals surface area contributed by atoms with Gasteiger partial charge in [-0.3, -0.25) is 4.79 Å². The van der Waals surface area contributed by atoms with Crippen molar-refractivity contribution in [1.82, 2.24) is 9.88 Å². The molecule has 1 atom stereocenters. The number of carbonyl (C=O) groups is 2. The fourth-order valence-electron chi connectivity index (χ4n) is 2.78. The smallest absolute Gasteiger partial charge is 0.337 e. The quantitative estimate of drug-likeness (QED) is 0.925. The van der Waals surface area contributed by atoms with E-state index < -0.39 is 5.97 Å². The van der Waals surface area contributed by atoms with Crippen molar-refractivity contribution in [3.63, 3.8) is 0 Å². The van der Waals surface area contributed by atoms with Crippen LogP contribution in [0.4, 0.5) is 4.39 Å². The Hall–Kier alpha value is -2.80. The number of aryl methyl sites for hydroxylation is 1. The molecule has 2 heterocycles. The van der Waals surface area contributed by atoms with Crippen LogP contribution in [-0.4, -0.2) is 46.6 Å². The van der Waals surface area contributed by atoms with Crippen molar-refractivity contribution in [2.24, 2.45) is 0 Å². The highest BCUT2D eigenvalue weighted by atomic mass is 19.1. The summed E-state index contributed by atoms with van der Waals surface area (Å²) in [7, 11) is 0. The van der Waals surface area contributed by atoms with Crippen LogP contribution in [0.15, 0.2) is 36.4 Å². The minimum absolute atomic E-state index is 0.0720. The molecule has 7 heteroatoms. The molecule has 1 fully saturated rings. The Labute approximate surface area is 143 Å². The molecule has 1 aliphatic rings. The van der Waals surface area contributed by atoms with E-state index in [9.17, 15) is 14.0 Å². The Morgan fingerprint density at radius 2 is 1.96 bits per heavy atom. The minimum Gasteiger partial charge on any atom is -0.478 e. The van der Waals surface area contributed by atoms with Gasteiger partial charge in [0.2, 0.25) is 0 Å². The number of hydrogen-bond acceptors (Lipinski definition) is 4. The number of aromatic nitrogens is 1. The molecule has 25 heavy (non-hydrogen) atoms. The average Bonchev–Trinajstić information content (AvgIpc) is 2.61. The highest BCUT2D eigenvalue weighted by Gasteiger charge is 2.27. The zero-order valence-electron chi connectivity index (χ0n) is 13.6. The summed E-state index contributed by atoms with van der Waals surface area (Å²) in [4.78, 5) is 29.4. The first-order chi connectivity index (χ1) is 12.0. The Morgan fingerprint density at radius 1 is 1.24 bits per heavy atom. The van der Waals surface area contributed by atoms with Gasteiger partial charge in [0.25, 0.3) is 5.91 Å². The predicted octanol–water partition coefficient (Wildman–Crippen LogP) is 2.44. The molecule has 0 unspecified atom stereocenters. The lowest BCUT2D eigenvalue weighted by Gasteiger charge is -2.33. The highest BCUT2D eigenvalue weighted by molar-refractivity contribution is 5.94. The maximum absolute atomic E-state index is 13.1. The first-order valence-electron chi connectivity index (χ1n) is 7.83. The maximum Gasteiger partial charge on any atom is 0.337 e. The Bertz CT molecular complexity index is 807. The van der Waals surface area contributed by atoms with Crippen LogP contribution < -0.4 is 0 Å². The zero-order valence-corrected chi connectivity index (χ0v) is 13.6. The van der Waals surface area contributed by atoms with E-state index in [0.717, 1.165) is 5.56 Å². The van der Waals surface area contributed by atoms with Gasteiger partial charge in [0.1, 0.15) is 17.6 Å². The summed E-state index contributed by atoms with van der Waals surface area (Å²) in [5.41, 5.74) is 1.36. The maximum atomic E-state index is 13.1. The first-order valence-corrected chi connectivity index (χ1v) is 7.83. The van der Waals surface area contributed by atoms with Gasteiger partial charge >= 0.3 is 5.97 Å². The number of nitrogens with zero attached hydrogens (tertiary/aromatic N) is 2. The number of aromatic carboxylic acids is 1. The number of ether oxygens (including phenoxy) is 1. The molecule has 1 saturated heterocycles. The first kappa shape index (κ1) is 17.0. The molecular weight excluding hydrogens is 327 g/mol. The molecule has 0 spiro atoms. The SMILES string of the molecule is Cc1nc(C(=O)N2CCO[C@H](c3ccc(F)cc3)C2)ccc1C(=O)O. The summed E-state index contributed by atoms with van der Waals surface area (Å²) in [6.45, 7) is 2.66. The number of amides is 1. The van der Waals surface area contributed by atoms with E-state index in [0.29, 0.717) is 25.4 Å². The van der Waals surface area contributed by atoms with Crippen LogP contribution in [0.3, 0.4) is 0 Å². The van der Waals surface area contributed by atoms with Crippen molar-refractivity contribution in [1.29, 1.82) is 0 Å². The van der Waals surface area contributed by atoms with Crippen LogP contribution in [0.5, 0.6) is 0 Å². The largest absolute Gasteiger partial charge is 0.478 e. The second-order valence-corrected chi connectivity index (χ2v) is 5.80. The van der Waals surface area contributed by atoms with Gasteiger partial charge in [-0.15, -0.1) is 0 Å².